The highest BCUT2D eigenvalue weighted by molar-refractivity contribution is 5.77. The van der Waals surface area contributed by atoms with E-state index in [1.165, 1.54) is 11.1 Å². The number of amides is 1. The molecule has 1 heterocycles. The fourth-order valence-electron chi connectivity index (χ4n) is 3.75. The van der Waals surface area contributed by atoms with Crippen LogP contribution in [-0.2, 0) is 29.0 Å². The number of ether oxygens (including phenoxy) is 2. The van der Waals surface area contributed by atoms with Crippen molar-refractivity contribution >= 4 is 5.91 Å². The van der Waals surface area contributed by atoms with E-state index in [1.54, 1.807) is 0 Å². The summed E-state index contributed by atoms with van der Waals surface area (Å²) in [4.78, 5) is 14.7. The van der Waals surface area contributed by atoms with Crippen LogP contribution in [0, 0.1) is 0 Å². The molecular weight excluding hydrogens is 364 g/mol. The molecule has 0 spiro atoms. The molecule has 2 unspecified atom stereocenters. The van der Waals surface area contributed by atoms with Gasteiger partial charge in [-0.2, -0.15) is 0 Å². The van der Waals surface area contributed by atoms with Crippen LogP contribution < -0.4 is 10.1 Å². The minimum absolute atomic E-state index is 0.0200. The van der Waals surface area contributed by atoms with Crippen molar-refractivity contribution in [3.05, 3.63) is 65.2 Å². The van der Waals surface area contributed by atoms with Crippen LogP contribution in [0.1, 0.15) is 37.5 Å². The molecule has 0 aromatic heterocycles. The summed E-state index contributed by atoms with van der Waals surface area (Å²) in [5, 5.41) is 2.98. The van der Waals surface area contributed by atoms with Crippen molar-refractivity contribution in [2.45, 2.75) is 52.5 Å². The second-order valence-corrected chi connectivity index (χ2v) is 7.78. The Morgan fingerprint density at radius 1 is 1.07 bits per heavy atom. The topological polar surface area (TPSA) is 50.8 Å². The Bertz CT molecular complexity index is 781. The standard InChI is InChI=1S/C24H32N2O3/c1-4-20-9-11-23(12-10-20)28-17-24(27)25-13-21-7-5-6-8-22(21)16-26-14-18(2)29-19(3)15-26/h5-12,18-19H,4,13-17H2,1-3H3,(H,25,27). The lowest BCUT2D eigenvalue weighted by Crippen LogP contribution is -2.45. The van der Waals surface area contributed by atoms with Crippen LogP contribution >= 0.6 is 0 Å². The molecule has 5 heteroatoms. The van der Waals surface area contributed by atoms with Gasteiger partial charge in [-0.15, -0.1) is 0 Å². The van der Waals surface area contributed by atoms with Crippen LogP contribution in [0.4, 0.5) is 0 Å². The molecule has 1 aliphatic heterocycles. The molecule has 29 heavy (non-hydrogen) atoms. The Hall–Kier alpha value is -2.37. The third kappa shape index (κ3) is 6.58. The van der Waals surface area contributed by atoms with E-state index in [9.17, 15) is 4.79 Å². The molecule has 0 saturated carbocycles. The highest BCUT2D eigenvalue weighted by Gasteiger charge is 2.22. The van der Waals surface area contributed by atoms with E-state index in [-0.39, 0.29) is 24.7 Å². The first-order chi connectivity index (χ1) is 14.0. The van der Waals surface area contributed by atoms with Gasteiger partial charge in [-0.3, -0.25) is 9.69 Å². The van der Waals surface area contributed by atoms with Gasteiger partial charge in [0.25, 0.3) is 5.91 Å². The molecule has 0 bridgehead atoms. The number of rotatable bonds is 8. The highest BCUT2D eigenvalue weighted by atomic mass is 16.5. The van der Waals surface area contributed by atoms with Crippen molar-refractivity contribution in [1.29, 1.82) is 0 Å². The number of aryl methyl sites for hydroxylation is 1. The van der Waals surface area contributed by atoms with Crippen LogP contribution in [0.25, 0.3) is 0 Å². The number of morpholine rings is 1. The average Bonchev–Trinajstić information content (AvgIpc) is 2.71. The van der Waals surface area contributed by atoms with Gasteiger partial charge < -0.3 is 14.8 Å². The number of carbonyl (C=O) groups is 1. The minimum Gasteiger partial charge on any atom is -0.484 e. The van der Waals surface area contributed by atoms with Crippen molar-refractivity contribution in [2.75, 3.05) is 19.7 Å². The van der Waals surface area contributed by atoms with Gasteiger partial charge in [-0.05, 0) is 49.1 Å². The van der Waals surface area contributed by atoms with Crippen molar-refractivity contribution in [3.63, 3.8) is 0 Å². The smallest absolute Gasteiger partial charge is 0.258 e. The molecule has 1 aliphatic rings. The molecule has 3 rings (SSSR count). The summed E-state index contributed by atoms with van der Waals surface area (Å²) in [5.41, 5.74) is 3.63. The maximum Gasteiger partial charge on any atom is 0.258 e. The van der Waals surface area contributed by atoms with Crippen molar-refractivity contribution in [3.8, 4) is 5.75 Å². The normalized spacial score (nSPS) is 19.7. The molecule has 2 atom stereocenters. The van der Waals surface area contributed by atoms with Crippen molar-refractivity contribution in [2.24, 2.45) is 0 Å². The second kappa shape index (κ2) is 10.4. The minimum atomic E-state index is -0.118. The summed E-state index contributed by atoms with van der Waals surface area (Å²) >= 11 is 0. The van der Waals surface area contributed by atoms with E-state index < -0.39 is 0 Å². The Balaban J connectivity index is 1.50. The summed E-state index contributed by atoms with van der Waals surface area (Å²) in [7, 11) is 0. The quantitative estimate of drug-likeness (QED) is 0.741. The third-order valence-electron chi connectivity index (χ3n) is 5.19. The van der Waals surface area contributed by atoms with Gasteiger partial charge in [0.15, 0.2) is 6.61 Å². The summed E-state index contributed by atoms with van der Waals surface area (Å²) in [6, 6.07) is 16.1. The average molecular weight is 397 g/mol. The maximum atomic E-state index is 12.2. The number of hydrogen-bond acceptors (Lipinski definition) is 4. The van der Waals surface area contributed by atoms with Crippen LogP contribution in [-0.4, -0.2) is 42.7 Å². The van der Waals surface area contributed by atoms with Gasteiger partial charge in [0, 0.05) is 26.2 Å². The van der Waals surface area contributed by atoms with Gasteiger partial charge in [0.05, 0.1) is 12.2 Å². The molecule has 1 saturated heterocycles. The predicted octanol–water partition coefficient (Wildman–Crippen LogP) is 3.55. The summed E-state index contributed by atoms with van der Waals surface area (Å²) in [5.74, 6) is 0.598. The first-order valence-corrected chi connectivity index (χ1v) is 10.5. The van der Waals surface area contributed by atoms with Crippen LogP contribution in [0.3, 0.4) is 0 Å². The van der Waals surface area contributed by atoms with Crippen molar-refractivity contribution in [1.82, 2.24) is 10.2 Å². The van der Waals surface area contributed by atoms with E-state index in [1.807, 2.05) is 30.3 Å². The fourth-order valence-corrected chi connectivity index (χ4v) is 3.75. The van der Waals surface area contributed by atoms with Gasteiger partial charge in [-0.1, -0.05) is 43.3 Å². The number of nitrogens with zero attached hydrogens (tertiary/aromatic N) is 1. The van der Waals surface area contributed by atoms with E-state index in [0.29, 0.717) is 12.3 Å². The Kier molecular flexibility index (Phi) is 7.67. The van der Waals surface area contributed by atoms with Crippen LogP contribution in [0.5, 0.6) is 5.75 Å². The molecule has 0 aliphatic carbocycles. The zero-order valence-electron chi connectivity index (χ0n) is 17.7. The first-order valence-electron chi connectivity index (χ1n) is 10.5. The van der Waals surface area contributed by atoms with Gasteiger partial charge in [-0.25, -0.2) is 0 Å². The molecule has 5 nitrogen and oxygen atoms in total. The lowest BCUT2D eigenvalue weighted by Gasteiger charge is -2.35. The Morgan fingerprint density at radius 2 is 1.72 bits per heavy atom. The number of carbonyl (C=O) groups excluding carboxylic acids is 1. The monoisotopic (exact) mass is 396 g/mol. The zero-order chi connectivity index (χ0) is 20.6. The molecule has 0 radical (unpaired) electrons. The second-order valence-electron chi connectivity index (χ2n) is 7.78. The van der Waals surface area contributed by atoms with E-state index >= 15 is 0 Å². The number of benzene rings is 2. The van der Waals surface area contributed by atoms with Crippen LogP contribution in [0.15, 0.2) is 48.5 Å². The number of nitrogens with one attached hydrogen (secondary N) is 1. The molecule has 2 aromatic rings. The van der Waals surface area contributed by atoms with Crippen molar-refractivity contribution < 1.29 is 14.3 Å². The Morgan fingerprint density at radius 3 is 2.38 bits per heavy atom. The van der Waals surface area contributed by atoms with Crippen LogP contribution in [0.2, 0.25) is 0 Å². The highest BCUT2D eigenvalue weighted by Crippen LogP contribution is 2.17. The van der Waals surface area contributed by atoms with E-state index in [2.05, 4.69) is 49.2 Å². The maximum absolute atomic E-state index is 12.2. The molecule has 2 aromatic carbocycles. The predicted molar refractivity (Wildman–Crippen MR) is 115 cm³/mol. The Labute approximate surface area is 174 Å². The summed E-state index contributed by atoms with van der Waals surface area (Å²) in [6.45, 7) is 9.58. The molecular formula is C24H32N2O3. The van der Waals surface area contributed by atoms with E-state index in [0.717, 1.165) is 31.6 Å². The zero-order valence-corrected chi connectivity index (χ0v) is 17.7. The lowest BCUT2D eigenvalue weighted by atomic mass is 10.1. The SMILES string of the molecule is CCc1ccc(OCC(=O)NCc2ccccc2CN2CC(C)OC(C)C2)cc1. The summed E-state index contributed by atoms with van der Waals surface area (Å²) < 4.78 is 11.4. The largest absolute Gasteiger partial charge is 0.484 e. The first kappa shape index (κ1) is 21.3. The molecule has 1 amide bonds. The number of hydrogen-bond donors (Lipinski definition) is 1. The summed E-state index contributed by atoms with van der Waals surface area (Å²) in [6.07, 6.45) is 1.48. The molecule has 156 valence electrons. The lowest BCUT2D eigenvalue weighted by molar-refractivity contribution is -0.123. The third-order valence-corrected chi connectivity index (χ3v) is 5.19. The van der Waals surface area contributed by atoms with E-state index in [4.69, 9.17) is 9.47 Å². The van der Waals surface area contributed by atoms with Gasteiger partial charge in [0.1, 0.15) is 5.75 Å². The van der Waals surface area contributed by atoms with Gasteiger partial charge >= 0.3 is 0 Å². The molecule has 1 N–H and O–H groups in total. The fraction of sp³-hybridized carbons (Fsp3) is 0.458. The molecule has 1 fully saturated rings. The van der Waals surface area contributed by atoms with Gasteiger partial charge in [0.2, 0.25) is 0 Å².